The van der Waals surface area contributed by atoms with E-state index in [1.807, 2.05) is 0 Å². The molecule has 0 unspecified atom stereocenters. The lowest BCUT2D eigenvalue weighted by Crippen LogP contribution is -2.28. The van der Waals surface area contributed by atoms with Gasteiger partial charge in [-0.2, -0.15) is 0 Å². The second-order valence-corrected chi connectivity index (χ2v) is 4.84. The molecule has 0 saturated heterocycles. The lowest BCUT2D eigenvalue weighted by Gasteiger charge is -2.06. The molecule has 0 radical (unpaired) electrons. The van der Waals surface area contributed by atoms with Crippen LogP contribution in [0, 0.1) is 0 Å². The Morgan fingerprint density at radius 2 is 2.06 bits per heavy atom. The number of carboxylic acid groups (broad SMARTS) is 1. The number of benzene rings is 1. The minimum atomic E-state index is -4.10. The maximum Gasteiger partial charge on any atom is 0.335 e. The fraction of sp³-hybridized carbons (Fsp3) is 0.222. The monoisotopic (exact) mass is 265 g/mol. The van der Waals surface area contributed by atoms with E-state index in [0.29, 0.717) is 0 Å². The van der Waals surface area contributed by atoms with Crippen molar-refractivity contribution in [3.8, 4) is 0 Å². The van der Waals surface area contributed by atoms with Crippen molar-refractivity contribution < 1.29 is 27.1 Å². The fourth-order valence-corrected chi connectivity index (χ4v) is 2.10. The molecule has 0 saturated carbocycles. The van der Waals surface area contributed by atoms with Crippen LogP contribution in [0.1, 0.15) is 10.4 Å². The predicted octanol–water partition coefficient (Wildman–Crippen LogP) is 0.928. The fourth-order valence-electron chi connectivity index (χ4n) is 1.05. The Labute approximate surface area is 96.1 Å². The number of hydrogen-bond acceptors (Lipinski definition) is 3. The first-order valence-corrected chi connectivity index (χ1v) is 5.92. The molecule has 17 heavy (non-hydrogen) atoms. The van der Waals surface area contributed by atoms with Gasteiger partial charge in [0.1, 0.15) is 0 Å². The zero-order valence-corrected chi connectivity index (χ0v) is 9.25. The molecular formula is C9H9F2NO4S. The summed E-state index contributed by atoms with van der Waals surface area (Å²) in [7, 11) is -4.10. The normalized spacial score (nSPS) is 11.7. The number of halogens is 2. The number of nitrogens with one attached hydrogen (secondary N) is 1. The molecule has 1 aromatic rings. The molecule has 0 aliphatic heterocycles. The Morgan fingerprint density at radius 3 is 2.59 bits per heavy atom. The smallest absolute Gasteiger partial charge is 0.335 e. The molecule has 1 aromatic carbocycles. The van der Waals surface area contributed by atoms with E-state index in [9.17, 15) is 22.0 Å². The number of rotatable bonds is 5. The highest BCUT2D eigenvalue weighted by Gasteiger charge is 2.17. The van der Waals surface area contributed by atoms with Crippen LogP contribution >= 0.6 is 0 Å². The van der Waals surface area contributed by atoms with E-state index in [1.54, 1.807) is 4.72 Å². The second-order valence-electron chi connectivity index (χ2n) is 3.08. The number of hydrogen-bond donors (Lipinski definition) is 2. The SMILES string of the molecule is O=C(O)c1cccc(S(=O)(=O)NCC(F)F)c1. The van der Waals surface area contributed by atoms with Crippen LogP contribution in [0.4, 0.5) is 8.78 Å². The third kappa shape index (κ3) is 3.75. The van der Waals surface area contributed by atoms with Gasteiger partial charge in [-0.3, -0.25) is 0 Å². The van der Waals surface area contributed by atoms with Crippen molar-refractivity contribution in [1.29, 1.82) is 0 Å². The number of alkyl halides is 2. The van der Waals surface area contributed by atoms with E-state index in [4.69, 9.17) is 5.11 Å². The maximum atomic E-state index is 11.9. The molecular weight excluding hydrogens is 256 g/mol. The number of sulfonamides is 1. The minimum Gasteiger partial charge on any atom is -0.478 e. The van der Waals surface area contributed by atoms with Gasteiger partial charge in [-0.1, -0.05) is 6.07 Å². The lowest BCUT2D eigenvalue weighted by atomic mass is 10.2. The van der Waals surface area contributed by atoms with Gasteiger partial charge in [0, 0.05) is 0 Å². The van der Waals surface area contributed by atoms with Crippen molar-refractivity contribution in [2.75, 3.05) is 6.54 Å². The van der Waals surface area contributed by atoms with Gasteiger partial charge in [0.25, 0.3) is 6.43 Å². The highest BCUT2D eigenvalue weighted by atomic mass is 32.2. The molecule has 1 rings (SSSR count). The molecule has 8 heteroatoms. The number of carboxylic acids is 1. The zero-order valence-electron chi connectivity index (χ0n) is 8.43. The summed E-state index contributed by atoms with van der Waals surface area (Å²) in [5, 5.41) is 8.66. The first-order chi connectivity index (χ1) is 7.83. The zero-order chi connectivity index (χ0) is 13.1. The molecule has 0 heterocycles. The van der Waals surface area contributed by atoms with E-state index >= 15 is 0 Å². The van der Waals surface area contributed by atoms with Gasteiger partial charge in [-0.05, 0) is 18.2 Å². The average Bonchev–Trinajstić information content (AvgIpc) is 2.27. The molecule has 2 N–H and O–H groups in total. The van der Waals surface area contributed by atoms with Crippen molar-refractivity contribution in [3.05, 3.63) is 29.8 Å². The van der Waals surface area contributed by atoms with Crippen molar-refractivity contribution in [2.45, 2.75) is 11.3 Å². The Balaban J connectivity index is 2.99. The van der Waals surface area contributed by atoms with Gasteiger partial charge in [0.05, 0.1) is 17.0 Å². The third-order valence-electron chi connectivity index (χ3n) is 1.82. The summed E-state index contributed by atoms with van der Waals surface area (Å²) < 4.78 is 48.4. The number of aromatic carboxylic acids is 1. The Hall–Kier alpha value is -1.54. The van der Waals surface area contributed by atoms with Crippen molar-refractivity contribution in [2.24, 2.45) is 0 Å². The molecule has 0 atom stereocenters. The first-order valence-electron chi connectivity index (χ1n) is 4.44. The highest BCUT2D eigenvalue weighted by molar-refractivity contribution is 7.89. The Kier molecular flexibility index (Phi) is 4.13. The van der Waals surface area contributed by atoms with Crippen LogP contribution in [0.3, 0.4) is 0 Å². The Bertz CT molecular complexity index is 515. The quantitative estimate of drug-likeness (QED) is 0.829. The highest BCUT2D eigenvalue weighted by Crippen LogP contribution is 2.11. The third-order valence-corrected chi connectivity index (χ3v) is 3.24. The van der Waals surface area contributed by atoms with Crippen molar-refractivity contribution in [3.63, 3.8) is 0 Å². The van der Waals surface area contributed by atoms with E-state index < -0.39 is 29.0 Å². The van der Waals surface area contributed by atoms with Crippen LogP contribution < -0.4 is 4.72 Å². The van der Waals surface area contributed by atoms with Gasteiger partial charge in [0.15, 0.2) is 0 Å². The van der Waals surface area contributed by atoms with Crippen LogP contribution in [0.25, 0.3) is 0 Å². The summed E-state index contributed by atoms with van der Waals surface area (Å²) >= 11 is 0. The van der Waals surface area contributed by atoms with Crippen LogP contribution in [-0.2, 0) is 10.0 Å². The van der Waals surface area contributed by atoms with Crippen molar-refractivity contribution in [1.82, 2.24) is 4.72 Å². The molecule has 0 spiro atoms. The van der Waals surface area contributed by atoms with Gasteiger partial charge in [0.2, 0.25) is 10.0 Å². The Morgan fingerprint density at radius 1 is 1.41 bits per heavy atom. The average molecular weight is 265 g/mol. The summed E-state index contributed by atoms with van der Waals surface area (Å²) in [6, 6.07) is 4.45. The lowest BCUT2D eigenvalue weighted by molar-refractivity contribution is 0.0696. The largest absolute Gasteiger partial charge is 0.478 e. The van der Waals surface area contributed by atoms with Crippen LogP contribution in [0.2, 0.25) is 0 Å². The molecule has 5 nitrogen and oxygen atoms in total. The summed E-state index contributed by atoms with van der Waals surface area (Å²) in [5.41, 5.74) is -0.232. The van der Waals surface area contributed by atoms with Gasteiger partial charge >= 0.3 is 5.97 Å². The first kappa shape index (κ1) is 13.5. The van der Waals surface area contributed by atoms with Crippen molar-refractivity contribution >= 4 is 16.0 Å². The topological polar surface area (TPSA) is 83.5 Å². The summed E-state index contributed by atoms with van der Waals surface area (Å²) in [5.74, 6) is -1.30. The number of carbonyl (C=O) groups is 1. The molecule has 0 aliphatic rings. The summed E-state index contributed by atoms with van der Waals surface area (Å²) in [6.45, 7) is -1.01. The standard InChI is InChI=1S/C9H9F2NO4S/c10-8(11)5-12-17(15,16)7-3-1-2-6(4-7)9(13)14/h1-4,8,12H,5H2,(H,13,14). The summed E-state index contributed by atoms with van der Waals surface area (Å²) in [6.07, 6.45) is -2.81. The van der Waals surface area contributed by atoms with E-state index in [1.165, 1.54) is 12.1 Å². The van der Waals surface area contributed by atoms with Crippen LogP contribution in [0.15, 0.2) is 29.2 Å². The molecule has 0 bridgehead atoms. The maximum absolute atomic E-state index is 11.9. The molecule has 0 aliphatic carbocycles. The van der Waals surface area contributed by atoms with E-state index in [0.717, 1.165) is 12.1 Å². The molecule has 94 valence electrons. The van der Waals surface area contributed by atoms with Gasteiger partial charge in [-0.15, -0.1) is 0 Å². The van der Waals surface area contributed by atoms with Gasteiger partial charge < -0.3 is 5.11 Å². The van der Waals surface area contributed by atoms with Gasteiger partial charge in [-0.25, -0.2) is 26.7 Å². The second kappa shape index (κ2) is 5.19. The van der Waals surface area contributed by atoms with E-state index in [-0.39, 0.29) is 10.5 Å². The van der Waals surface area contributed by atoms with Crippen LogP contribution in [0.5, 0.6) is 0 Å². The summed E-state index contributed by atoms with van der Waals surface area (Å²) in [4.78, 5) is 10.2. The van der Waals surface area contributed by atoms with Crippen LogP contribution in [-0.4, -0.2) is 32.5 Å². The predicted molar refractivity (Wildman–Crippen MR) is 54.6 cm³/mol. The molecule has 0 aromatic heterocycles. The van der Waals surface area contributed by atoms with E-state index in [2.05, 4.69) is 0 Å². The minimum absolute atomic E-state index is 0.232. The molecule has 0 fully saturated rings. The molecule has 0 amide bonds.